The van der Waals surface area contributed by atoms with Crippen molar-refractivity contribution < 1.29 is 19.0 Å². The van der Waals surface area contributed by atoms with Gasteiger partial charge in [-0.2, -0.15) is 0 Å². The Hall–Kier alpha value is -2.40. The highest BCUT2D eigenvalue weighted by Gasteiger charge is 2.09. The average molecular weight is 344 g/mol. The zero-order valence-corrected chi connectivity index (χ0v) is 14.8. The fraction of sp³-hybridized carbons (Fsp3) is 0.211. The molecule has 0 saturated carbocycles. The Morgan fingerprint density at radius 1 is 0.958 bits per heavy atom. The lowest BCUT2D eigenvalue weighted by Gasteiger charge is -2.09. The summed E-state index contributed by atoms with van der Waals surface area (Å²) in [7, 11) is 3.25. The van der Waals surface area contributed by atoms with Gasteiger partial charge in [0.25, 0.3) is 0 Å². The number of benzene rings is 2. The van der Waals surface area contributed by atoms with Crippen LogP contribution in [0.2, 0.25) is 0 Å². The fourth-order valence-corrected chi connectivity index (χ4v) is 2.92. The van der Waals surface area contributed by atoms with Crippen LogP contribution in [0.4, 0.5) is 0 Å². The third kappa shape index (κ3) is 5.06. The fourth-order valence-electron chi connectivity index (χ4n) is 1.99. The predicted molar refractivity (Wildman–Crippen MR) is 96.5 cm³/mol. The second kappa shape index (κ2) is 9.03. The lowest BCUT2D eigenvalue weighted by atomic mass is 10.2. The number of esters is 1. The van der Waals surface area contributed by atoms with Crippen molar-refractivity contribution in [1.29, 1.82) is 0 Å². The molecule has 0 spiro atoms. The molecule has 0 saturated heterocycles. The molecule has 24 heavy (non-hydrogen) atoms. The van der Waals surface area contributed by atoms with Gasteiger partial charge in [-0.1, -0.05) is 23.9 Å². The second-order valence-corrected chi connectivity index (χ2v) is 5.88. The van der Waals surface area contributed by atoms with Crippen LogP contribution in [-0.2, 0) is 9.53 Å². The van der Waals surface area contributed by atoms with E-state index in [9.17, 15) is 4.79 Å². The number of thioether (sulfide) groups is 1. The van der Waals surface area contributed by atoms with Crippen LogP contribution in [0.5, 0.6) is 11.5 Å². The van der Waals surface area contributed by atoms with Crippen LogP contribution >= 0.6 is 11.8 Å². The van der Waals surface area contributed by atoms with Crippen LogP contribution in [0.3, 0.4) is 0 Å². The molecule has 2 aromatic rings. The Morgan fingerprint density at radius 2 is 1.50 bits per heavy atom. The molecule has 0 amide bonds. The van der Waals surface area contributed by atoms with E-state index in [0.717, 1.165) is 26.9 Å². The van der Waals surface area contributed by atoms with Gasteiger partial charge in [-0.25, -0.2) is 4.79 Å². The Labute approximate surface area is 146 Å². The van der Waals surface area contributed by atoms with Crippen LogP contribution < -0.4 is 9.47 Å². The molecule has 0 fully saturated rings. The molecule has 126 valence electrons. The van der Waals surface area contributed by atoms with Crippen molar-refractivity contribution in [3.8, 4) is 11.5 Å². The zero-order valence-electron chi connectivity index (χ0n) is 13.9. The van der Waals surface area contributed by atoms with Crippen molar-refractivity contribution in [1.82, 2.24) is 0 Å². The molecule has 0 aliphatic heterocycles. The second-order valence-electron chi connectivity index (χ2n) is 4.77. The van der Waals surface area contributed by atoms with Gasteiger partial charge in [0.15, 0.2) is 0 Å². The predicted octanol–water partition coefficient (Wildman–Crippen LogP) is 4.40. The summed E-state index contributed by atoms with van der Waals surface area (Å²) in [5.41, 5.74) is 0.921. The van der Waals surface area contributed by atoms with E-state index in [4.69, 9.17) is 14.2 Å². The largest absolute Gasteiger partial charge is 0.497 e. The molecule has 0 N–H and O–H groups in total. The van der Waals surface area contributed by atoms with Gasteiger partial charge in [-0.3, -0.25) is 0 Å². The first-order valence-electron chi connectivity index (χ1n) is 7.51. The molecule has 0 aliphatic rings. The summed E-state index contributed by atoms with van der Waals surface area (Å²) in [4.78, 5) is 13.7. The number of methoxy groups -OCH3 is 2. The summed E-state index contributed by atoms with van der Waals surface area (Å²) >= 11 is 1.49. The summed E-state index contributed by atoms with van der Waals surface area (Å²) in [6.07, 6.45) is 1.51. The zero-order chi connectivity index (χ0) is 17.4. The molecule has 0 radical (unpaired) electrons. The van der Waals surface area contributed by atoms with Gasteiger partial charge in [0.1, 0.15) is 11.5 Å². The number of hydrogen-bond acceptors (Lipinski definition) is 5. The van der Waals surface area contributed by atoms with E-state index < -0.39 is 0 Å². The molecule has 0 unspecified atom stereocenters. The van der Waals surface area contributed by atoms with Crippen LogP contribution in [0.1, 0.15) is 12.5 Å². The van der Waals surface area contributed by atoms with E-state index in [0.29, 0.717) is 6.61 Å². The number of ether oxygens (including phenoxy) is 3. The van der Waals surface area contributed by atoms with E-state index in [1.165, 1.54) is 17.8 Å². The summed E-state index contributed by atoms with van der Waals surface area (Å²) in [6, 6.07) is 15.2. The van der Waals surface area contributed by atoms with Gasteiger partial charge in [0.2, 0.25) is 0 Å². The van der Waals surface area contributed by atoms with Gasteiger partial charge < -0.3 is 14.2 Å². The van der Waals surface area contributed by atoms with Crippen molar-refractivity contribution in [2.75, 3.05) is 20.8 Å². The Morgan fingerprint density at radius 3 is 2.00 bits per heavy atom. The highest BCUT2D eigenvalue weighted by atomic mass is 32.2. The van der Waals surface area contributed by atoms with Gasteiger partial charge in [0.05, 0.1) is 20.8 Å². The van der Waals surface area contributed by atoms with Gasteiger partial charge in [-0.15, -0.1) is 0 Å². The maximum atomic E-state index is 11.9. The first kappa shape index (κ1) is 17.9. The Bertz CT molecular complexity index is 690. The first-order chi connectivity index (χ1) is 11.7. The Balaban J connectivity index is 2.28. The molecule has 4 nitrogen and oxygen atoms in total. The minimum absolute atomic E-state index is 0.346. The van der Waals surface area contributed by atoms with Crippen LogP contribution in [-0.4, -0.2) is 26.8 Å². The molecule has 0 heterocycles. The molecule has 0 atom stereocenters. The van der Waals surface area contributed by atoms with E-state index in [1.807, 2.05) is 48.5 Å². The molecule has 0 aliphatic carbocycles. The van der Waals surface area contributed by atoms with Crippen molar-refractivity contribution >= 4 is 22.6 Å². The topological polar surface area (TPSA) is 44.8 Å². The van der Waals surface area contributed by atoms with Gasteiger partial charge in [0, 0.05) is 15.9 Å². The smallest absolute Gasteiger partial charge is 0.331 e. The molecular formula is C19H20O4S. The van der Waals surface area contributed by atoms with Crippen molar-refractivity contribution in [3.63, 3.8) is 0 Å². The van der Waals surface area contributed by atoms with Gasteiger partial charge in [-0.05, 0) is 48.9 Å². The van der Waals surface area contributed by atoms with E-state index in [1.54, 1.807) is 21.1 Å². The summed E-state index contributed by atoms with van der Waals surface area (Å²) < 4.78 is 15.4. The number of hydrogen-bond donors (Lipinski definition) is 0. The quantitative estimate of drug-likeness (QED) is 0.423. The highest BCUT2D eigenvalue weighted by Crippen LogP contribution is 2.35. The first-order valence-corrected chi connectivity index (χ1v) is 8.32. The van der Waals surface area contributed by atoms with E-state index >= 15 is 0 Å². The van der Waals surface area contributed by atoms with Crippen LogP contribution in [0.25, 0.3) is 4.91 Å². The van der Waals surface area contributed by atoms with E-state index in [2.05, 4.69) is 0 Å². The number of carbonyl (C=O) groups is 1. The maximum absolute atomic E-state index is 11.9. The Kier molecular flexibility index (Phi) is 6.75. The van der Waals surface area contributed by atoms with Crippen molar-refractivity contribution in [3.05, 3.63) is 60.2 Å². The molecule has 5 heteroatoms. The standard InChI is InChI=1S/C19H20O4S/c1-4-23-19(20)13-18(14-5-7-15(21-2)8-6-14)24-17-11-9-16(22-3)10-12-17/h5-13H,4H2,1-3H3/b18-13-. The van der Waals surface area contributed by atoms with Gasteiger partial charge >= 0.3 is 5.97 Å². The van der Waals surface area contributed by atoms with Crippen LogP contribution in [0, 0.1) is 0 Å². The molecular weight excluding hydrogens is 324 g/mol. The molecule has 2 rings (SSSR count). The SMILES string of the molecule is CCOC(=O)/C=C(\Sc1ccc(OC)cc1)c1ccc(OC)cc1. The molecule has 2 aromatic carbocycles. The number of rotatable bonds is 7. The average Bonchev–Trinajstić information content (AvgIpc) is 2.62. The third-order valence-corrected chi connectivity index (χ3v) is 4.28. The lowest BCUT2D eigenvalue weighted by molar-refractivity contribution is -0.137. The van der Waals surface area contributed by atoms with Crippen LogP contribution in [0.15, 0.2) is 59.5 Å². The normalized spacial score (nSPS) is 11.0. The van der Waals surface area contributed by atoms with Crippen molar-refractivity contribution in [2.24, 2.45) is 0 Å². The van der Waals surface area contributed by atoms with E-state index in [-0.39, 0.29) is 5.97 Å². The maximum Gasteiger partial charge on any atom is 0.331 e. The minimum atomic E-state index is -0.357. The minimum Gasteiger partial charge on any atom is -0.497 e. The third-order valence-electron chi connectivity index (χ3n) is 3.20. The summed E-state index contributed by atoms with van der Waals surface area (Å²) in [5, 5.41) is 0. The van der Waals surface area contributed by atoms with Crippen molar-refractivity contribution in [2.45, 2.75) is 11.8 Å². The monoisotopic (exact) mass is 344 g/mol. The molecule has 0 aromatic heterocycles. The number of carbonyl (C=O) groups excluding carboxylic acids is 1. The summed E-state index contributed by atoms with van der Waals surface area (Å²) in [5.74, 6) is 1.20. The highest BCUT2D eigenvalue weighted by molar-refractivity contribution is 8.08. The molecule has 0 bridgehead atoms. The lowest BCUT2D eigenvalue weighted by Crippen LogP contribution is -2.00. The summed E-state index contributed by atoms with van der Waals surface area (Å²) in [6.45, 7) is 2.13.